The van der Waals surface area contributed by atoms with Crippen LogP contribution in [0.15, 0.2) is 65.8 Å². The van der Waals surface area contributed by atoms with Gasteiger partial charge in [0.15, 0.2) is 0 Å². The Hall–Kier alpha value is -3.54. The van der Waals surface area contributed by atoms with Crippen molar-refractivity contribution >= 4 is 34.7 Å². The number of rotatable bonds is 5. The van der Waals surface area contributed by atoms with E-state index in [4.69, 9.17) is 0 Å². The fraction of sp³-hybridized carbons (Fsp3) is 0.0526. The number of fused-ring (bicyclic) bond motifs is 1. The van der Waals surface area contributed by atoms with Crippen molar-refractivity contribution in [2.45, 2.75) is 6.92 Å². The Morgan fingerprint density at radius 3 is 2.76 bits per heavy atom. The first-order valence-corrected chi connectivity index (χ1v) is 7.71. The zero-order valence-electron chi connectivity index (χ0n) is 13.6. The van der Waals surface area contributed by atoms with Crippen LogP contribution in [0.25, 0.3) is 17.0 Å². The molecule has 1 aromatic heterocycles. The number of aryl methyl sites for hydroxylation is 1. The van der Waals surface area contributed by atoms with Crippen LogP contribution in [0.1, 0.15) is 11.1 Å². The van der Waals surface area contributed by atoms with E-state index >= 15 is 0 Å². The van der Waals surface area contributed by atoms with Gasteiger partial charge in [-0.1, -0.05) is 30.3 Å². The molecule has 1 heterocycles. The van der Waals surface area contributed by atoms with Crippen LogP contribution in [0.5, 0.6) is 0 Å². The Balaban J connectivity index is 1.71. The number of anilines is 1. The lowest BCUT2D eigenvalue weighted by Crippen LogP contribution is -1.94. The maximum atomic E-state index is 11.0. The van der Waals surface area contributed by atoms with Crippen molar-refractivity contribution in [2.24, 2.45) is 5.10 Å². The van der Waals surface area contributed by atoms with E-state index in [1.807, 2.05) is 37.3 Å². The minimum Gasteiger partial charge on any atom is -0.261 e. The zero-order valence-corrected chi connectivity index (χ0v) is 13.6. The van der Waals surface area contributed by atoms with E-state index in [0.29, 0.717) is 11.4 Å². The summed E-state index contributed by atoms with van der Waals surface area (Å²) in [7, 11) is 0. The summed E-state index contributed by atoms with van der Waals surface area (Å²) in [5.74, 6) is 0.645. The molecule has 6 nitrogen and oxygen atoms in total. The summed E-state index contributed by atoms with van der Waals surface area (Å²) in [5, 5.41) is 16.1. The SMILES string of the molecule is Cc1cc(N/N=C/C=C/c2ccccc2[N+](=O)[O-])nc2ccccc12. The predicted octanol–water partition coefficient (Wildman–Crippen LogP) is 4.56. The summed E-state index contributed by atoms with van der Waals surface area (Å²) in [5.41, 5.74) is 5.47. The second kappa shape index (κ2) is 7.35. The Morgan fingerprint density at radius 1 is 1.16 bits per heavy atom. The average molecular weight is 332 g/mol. The topological polar surface area (TPSA) is 80.4 Å². The summed E-state index contributed by atoms with van der Waals surface area (Å²) in [6.45, 7) is 2.02. The molecule has 0 aliphatic heterocycles. The summed E-state index contributed by atoms with van der Waals surface area (Å²) in [6.07, 6.45) is 4.81. The van der Waals surface area contributed by atoms with E-state index in [-0.39, 0.29) is 5.69 Å². The first-order valence-electron chi connectivity index (χ1n) is 7.71. The second-order valence-corrected chi connectivity index (χ2v) is 5.41. The molecule has 25 heavy (non-hydrogen) atoms. The molecular formula is C19H16N4O2. The highest BCUT2D eigenvalue weighted by Crippen LogP contribution is 2.20. The molecule has 0 aliphatic carbocycles. The summed E-state index contributed by atoms with van der Waals surface area (Å²) in [6, 6.07) is 16.4. The van der Waals surface area contributed by atoms with Crippen molar-refractivity contribution in [2.75, 3.05) is 5.43 Å². The predicted molar refractivity (Wildman–Crippen MR) is 101 cm³/mol. The van der Waals surface area contributed by atoms with E-state index in [0.717, 1.165) is 16.5 Å². The lowest BCUT2D eigenvalue weighted by atomic mass is 10.1. The highest BCUT2D eigenvalue weighted by Gasteiger charge is 2.08. The van der Waals surface area contributed by atoms with Gasteiger partial charge in [-0.05, 0) is 42.8 Å². The molecule has 1 N–H and O–H groups in total. The van der Waals surface area contributed by atoms with Gasteiger partial charge in [-0.25, -0.2) is 4.98 Å². The molecule has 0 atom stereocenters. The maximum absolute atomic E-state index is 11.0. The van der Waals surface area contributed by atoms with Crippen LogP contribution in [-0.4, -0.2) is 16.1 Å². The van der Waals surface area contributed by atoms with E-state index in [1.165, 1.54) is 12.3 Å². The highest BCUT2D eigenvalue weighted by molar-refractivity contribution is 5.84. The number of allylic oxidation sites excluding steroid dienone is 1. The quantitative estimate of drug-likeness (QED) is 0.422. The van der Waals surface area contributed by atoms with Gasteiger partial charge >= 0.3 is 0 Å². The fourth-order valence-corrected chi connectivity index (χ4v) is 2.49. The fourth-order valence-electron chi connectivity index (χ4n) is 2.49. The number of benzene rings is 2. The van der Waals surface area contributed by atoms with Crippen LogP contribution in [0, 0.1) is 17.0 Å². The van der Waals surface area contributed by atoms with Gasteiger partial charge in [0.1, 0.15) is 5.82 Å². The Labute approximate surface area is 144 Å². The second-order valence-electron chi connectivity index (χ2n) is 5.41. The monoisotopic (exact) mass is 332 g/mol. The number of nitro benzene ring substituents is 1. The molecule has 0 saturated carbocycles. The molecule has 6 heteroatoms. The summed E-state index contributed by atoms with van der Waals surface area (Å²) < 4.78 is 0. The molecular weight excluding hydrogens is 316 g/mol. The number of aromatic nitrogens is 1. The van der Waals surface area contributed by atoms with Crippen LogP contribution in [-0.2, 0) is 0 Å². The first kappa shape index (κ1) is 16.3. The molecule has 3 aromatic rings. The molecule has 3 rings (SSSR count). The summed E-state index contributed by atoms with van der Waals surface area (Å²) >= 11 is 0. The Bertz CT molecular complexity index is 980. The van der Waals surface area contributed by atoms with E-state index < -0.39 is 4.92 Å². The molecule has 0 bridgehead atoms. The number of nitrogens with one attached hydrogen (secondary N) is 1. The third-order valence-electron chi connectivity index (χ3n) is 3.67. The third kappa shape index (κ3) is 3.87. The maximum Gasteiger partial charge on any atom is 0.276 e. The number of pyridine rings is 1. The van der Waals surface area contributed by atoms with E-state index in [9.17, 15) is 10.1 Å². The molecule has 0 radical (unpaired) electrons. The van der Waals surface area contributed by atoms with Crippen LogP contribution in [0.4, 0.5) is 11.5 Å². The van der Waals surface area contributed by atoms with Gasteiger partial charge < -0.3 is 0 Å². The molecule has 124 valence electrons. The number of hydrogen-bond donors (Lipinski definition) is 1. The number of hydrogen-bond acceptors (Lipinski definition) is 5. The minimum absolute atomic E-state index is 0.0620. The van der Waals surface area contributed by atoms with Crippen LogP contribution in [0.3, 0.4) is 0 Å². The van der Waals surface area contributed by atoms with Gasteiger partial charge in [0.2, 0.25) is 0 Å². The number of hydrazone groups is 1. The van der Waals surface area contributed by atoms with Crippen molar-refractivity contribution in [1.29, 1.82) is 0 Å². The van der Waals surface area contributed by atoms with Crippen LogP contribution in [0.2, 0.25) is 0 Å². The van der Waals surface area contributed by atoms with Gasteiger partial charge in [0.25, 0.3) is 5.69 Å². The lowest BCUT2D eigenvalue weighted by molar-refractivity contribution is -0.385. The zero-order chi connectivity index (χ0) is 17.6. The highest BCUT2D eigenvalue weighted by atomic mass is 16.6. The van der Waals surface area contributed by atoms with Crippen LogP contribution >= 0.6 is 0 Å². The Kier molecular flexibility index (Phi) is 4.80. The molecule has 0 unspecified atom stereocenters. The van der Waals surface area contributed by atoms with Gasteiger partial charge in [-0.2, -0.15) is 5.10 Å². The van der Waals surface area contributed by atoms with Crippen molar-refractivity contribution in [3.63, 3.8) is 0 Å². The number of para-hydroxylation sites is 2. The van der Waals surface area contributed by atoms with Gasteiger partial charge in [0, 0.05) is 17.7 Å². The molecule has 0 saturated heterocycles. The van der Waals surface area contributed by atoms with Crippen molar-refractivity contribution in [3.8, 4) is 0 Å². The molecule has 0 fully saturated rings. The number of nitrogens with zero attached hydrogens (tertiary/aromatic N) is 3. The van der Waals surface area contributed by atoms with Crippen molar-refractivity contribution in [1.82, 2.24) is 4.98 Å². The lowest BCUT2D eigenvalue weighted by Gasteiger charge is -2.05. The first-order chi connectivity index (χ1) is 12.1. The molecule has 0 amide bonds. The van der Waals surface area contributed by atoms with Crippen molar-refractivity contribution in [3.05, 3.63) is 81.9 Å². The number of nitro groups is 1. The van der Waals surface area contributed by atoms with Gasteiger partial charge in [-0.15, -0.1) is 0 Å². The van der Waals surface area contributed by atoms with E-state index in [1.54, 1.807) is 30.4 Å². The Morgan fingerprint density at radius 2 is 1.92 bits per heavy atom. The van der Waals surface area contributed by atoms with Gasteiger partial charge in [0.05, 0.1) is 16.0 Å². The minimum atomic E-state index is -0.406. The smallest absolute Gasteiger partial charge is 0.261 e. The molecule has 2 aromatic carbocycles. The molecule has 0 spiro atoms. The van der Waals surface area contributed by atoms with Gasteiger partial charge in [-0.3, -0.25) is 15.5 Å². The normalized spacial score (nSPS) is 11.4. The summed E-state index contributed by atoms with van der Waals surface area (Å²) in [4.78, 5) is 15.0. The van der Waals surface area contributed by atoms with Crippen LogP contribution < -0.4 is 5.43 Å². The van der Waals surface area contributed by atoms with Crippen molar-refractivity contribution < 1.29 is 4.92 Å². The molecule has 0 aliphatic rings. The largest absolute Gasteiger partial charge is 0.276 e. The van der Waals surface area contributed by atoms with E-state index in [2.05, 4.69) is 15.5 Å². The third-order valence-corrected chi connectivity index (χ3v) is 3.67. The standard InChI is InChI=1S/C19H16N4O2/c1-14-13-19(21-17-10-4-3-9-16(14)17)22-20-12-6-8-15-7-2-5-11-18(15)23(24)25/h2-13H,1H3,(H,21,22)/b8-6+,20-12+. The average Bonchev–Trinajstić information content (AvgIpc) is 2.62.